The predicted molar refractivity (Wildman–Crippen MR) is 70.3 cm³/mol. The molecule has 94 valence electrons. The van der Waals surface area contributed by atoms with Gasteiger partial charge in [-0.3, -0.25) is 4.79 Å². The van der Waals surface area contributed by atoms with Crippen molar-refractivity contribution in [3.8, 4) is 0 Å². The van der Waals surface area contributed by atoms with Gasteiger partial charge in [-0.15, -0.1) is 0 Å². The monoisotopic (exact) mass is 234 g/mol. The lowest BCUT2D eigenvalue weighted by Gasteiger charge is -2.09. The quantitative estimate of drug-likeness (QED) is 0.724. The van der Waals surface area contributed by atoms with Crippen molar-refractivity contribution >= 4 is 5.97 Å². The Morgan fingerprint density at radius 2 is 1.88 bits per heavy atom. The Morgan fingerprint density at radius 1 is 1.24 bits per heavy atom. The molecule has 0 bridgehead atoms. The Balaban J connectivity index is 2.38. The van der Waals surface area contributed by atoms with Gasteiger partial charge in [-0.1, -0.05) is 38.1 Å². The first kappa shape index (κ1) is 13.8. The predicted octanol–water partition coefficient (Wildman–Crippen LogP) is 4.00. The molecule has 0 heterocycles. The molecule has 0 aliphatic rings. The molecule has 1 aromatic carbocycles. The zero-order valence-electron chi connectivity index (χ0n) is 10.8. The molecule has 0 saturated carbocycles. The van der Waals surface area contributed by atoms with Crippen LogP contribution in [0.2, 0.25) is 0 Å². The molecule has 0 spiro atoms. The summed E-state index contributed by atoms with van der Waals surface area (Å²) in [6.07, 6.45) is 4.15. The molecule has 0 aliphatic carbocycles. The summed E-state index contributed by atoms with van der Waals surface area (Å²) in [6.45, 7) is 4.44. The minimum atomic E-state index is -0.697. The Labute approximate surface area is 104 Å². The lowest BCUT2D eigenvalue weighted by Crippen LogP contribution is -1.95. The Morgan fingerprint density at radius 3 is 2.41 bits per heavy atom. The van der Waals surface area contributed by atoms with Gasteiger partial charge in [0.05, 0.1) is 0 Å². The minimum absolute atomic E-state index is 0.283. The number of hydrogen-bond donors (Lipinski definition) is 1. The topological polar surface area (TPSA) is 37.3 Å². The largest absolute Gasteiger partial charge is 0.481 e. The van der Waals surface area contributed by atoms with Crippen molar-refractivity contribution in [1.82, 2.24) is 0 Å². The first-order chi connectivity index (χ1) is 8.13. The van der Waals surface area contributed by atoms with Crippen molar-refractivity contribution in [3.63, 3.8) is 0 Å². The second kappa shape index (κ2) is 7.10. The molecule has 1 unspecified atom stereocenters. The van der Waals surface area contributed by atoms with Crippen LogP contribution in [0.4, 0.5) is 0 Å². The van der Waals surface area contributed by atoms with E-state index in [1.54, 1.807) is 0 Å². The molecule has 0 radical (unpaired) electrons. The second-order valence-electron chi connectivity index (χ2n) is 4.65. The van der Waals surface area contributed by atoms with Gasteiger partial charge in [-0.05, 0) is 42.7 Å². The van der Waals surface area contributed by atoms with Gasteiger partial charge in [0.1, 0.15) is 0 Å². The lowest BCUT2D eigenvalue weighted by molar-refractivity contribution is -0.137. The zero-order chi connectivity index (χ0) is 12.7. The molecule has 2 heteroatoms. The third kappa shape index (κ3) is 5.03. The first-order valence-electron chi connectivity index (χ1n) is 6.44. The first-order valence-corrected chi connectivity index (χ1v) is 6.44. The summed E-state index contributed by atoms with van der Waals surface area (Å²) in [5.41, 5.74) is 2.70. The van der Waals surface area contributed by atoms with Crippen LogP contribution in [0.5, 0.6) is 0 Å². The summed E-state index contributed by atoms with van der Waals surface area (Å²) in [4.78, 5) is 10.4. The molecule has 0 amide bonds. The smallest absolute Gasteiger partial charge is 0.303 e. The number of hydrogen-bond acceptors (Lipinski definition) is 1. The van der Waals surface area contributed by atoms with E-state index in [1.165, 1.54) is 11.1 Å². The molecule has 1 aromatic rings. The van der Waals surface area contributed by atoms with E-state index in [2.05, 4.69) is 38.1 Å². The van der Waals surface area contributed by atoms with E-state index in [1.807, 2.05) is 0 Å². The Hall–Kier alpha value is -1.31. The normalized spacial score (nSPS) is 12.4. The Kier molecular flexibility index (Phi) is 5.75. The van der Waals surface area contributed by atoms with Crippen LogP contribution in [0.15, 0.2) is 24.3 Å². The fraction of sp³-hybridized carbons (Fsp3) is 0.533. The van der Waals surface area contributed by atoms with Gasteiger partial charge in [0.25, 0.3) is 0 Å². The molecule has 0 aliphatic heterocycles. The lowest BCUT2D eigenvalue weighted by atomic mass is 9.96. The number of aryl methyl sites for hydroxylation is 1. The van der Waals surface area contributed by atoms with Crippen LogP contribution in [0.3, 0.4) is 0 Å². The fourth-order valence-electron chi connectivity index (χ4n) is 1.85. The van der Waals surface area contributed by atoms with Crippen LogP contribution in [0.1, 0.15) is 56.6 Å². The third-order valence-corrected chi connectivity index (χ3v) is 3.27. The maximum Gasteiger partial charge on any atom is 0.303 e. The van der Waals surface area contributed by atoms with Gasteiger partial charge in [-0.2, -0.15) is 0 Å². The highest BCUT2D eigenvalue weighted by atomic mass is 16.4. The van der Waals surface area contributed by atoms with Crippen LogP contribution in [-0.2, 0) is 11.2 Å². The van der Waals surface area contributed by atoms with E-state index in [9.17, 15) is 4.79 Å². The van der Waals surface area contributed by atoms with Crippen molar-refractivity contribution in [3.05, 3.63) is 35.4 Å². The third-order valence-electron chi connectivity index (χ3n) is 3.27. The summed E-state index contributed by atoms with van der Waals surface area (Å²) >= 11 is 0. The van der Waals surface area contributed by atoms with Gasteiger partial charge in [0, 0.05) is 6.42 Å². The summed E-state index contributed by atoms with van der Waals surface area (Å²) in [5, 5.41) is 8.54. The molecule has 2 nitrogen and oxygen atoms in total. The van der Waals surface area contributed by atoms with E-state index in [4.69, 9.17) is 5.11 Å². The number of benzene rings is 1. The van der Waals surface area contributed by atoms with Crippen LogP contribution < -0.4 is 0 Å². The second-order valence-corrected chi connectivity index (χ2v) is 4.65. The maximum absolute atomic E-state index is 10.4. The van der Waals surface area contributed by atoms with E-state index in [0.29, 0.717) is 5.92 Å². The van der Waals surface area contributed by atoms with Gasteiger partial charge < -0.3 is 5.11 Å². The van der Waals surface area contributed by atoms with Gasteiger partial charge >= 0.3 is 5.97 Å². The van der Waals surface area contributed by atoms with Crippen LogP contribution in [0.25, 0.3) is 0 Å². The molecule has 0 fully saturated rings. The molecule has 0 saturated heterocycles. The molecular formula is C15H22O2. The van der Waals surface area contributed by atoms with Crippen LogP contribution >= 0.6 is 0 Å². The molecule has 1 N–H and O–H groups in total. The molecule has 1 atom stereocenters. The number of carboxylic acids is 1. The highest BCUT2D eigenvalue weighted by molar-refractivity contribution is 5.66. The average Bonchev–Trinajstić information content (AvgIpc) is 2.34. The molecule has 17 heavy (non-hydrogen) atoms. The van der Waals surface area contributed by atoms with Crippen molar-refractivity contribution in [1.29, 1.82) is 0 Å². The number of rotatable bonds is 7. The summed E-state index contributed by atoms with van der Waals surface area (Å²) in [5.74, 6) is -0.0758. The van der Waals surface area contributed by atoms with Gasteiger partial charge in [-0.25, -0.2) is 0 Å². The number of aliphatic carboxylic acids is 1. The molecule has 0 aromatic heterocycles. The maximum atomic E-state index is 10.4. The summed E-state index contributed by atoms with van der Waals surface area (Å²) in [6, 6.07) is 8.73. The SMILES string of the molecule is CCC(C)c1ccc(CCCCC(=O)O)cc1. The average molecular weight is 234 g/mol. The van der Waals surface area contributed by atoms with Crippen molar-refractivity contribution in [2.24, 2.45) is 0 Å². The van der Waals surface area contributed by atoms with Gasteiger partial charge in [0.15, 0.2) is 0 Å². The van der Waals surface area contributed by atoms with E-state index < -0.39 is 5.97 Å². The summed E-state index contributed by atoms with van der Waals surface area (Å²) < 4.78 is 0. The molecule has 1 rings (SSSR count). The van der Waals surface area contributed by atoms with E-state index in [0.717, 1.165) is 25.7 Å². The Bertz CT molecular complexity index is 340. The van der Waals surface area contributed by atoms with Crippen molar-refractivity contribution in [2.45, 2.75) is 51.9 Å². The van der Waals surface area contributed by atoms with Crippen LogP contribution in [-0.4, -0.2) is 11.1 Å². The summed E-state index contributed by atoms with van der Waals surface area (Å²) in [7, 11) is 0. The van der Waals surface area contributed by atoms with E-state index >= 15 is 0 Å². The van der Waals surface area contributed by atoms with Crippen molar-refractivity contribution in [2.75, 3.05) is 0 Å². The highest BCUT2D eigenvalue weighted by Gasteiger charge is 2.02. The van der Waals surface area contributed by atoms with Gasteiger partial charge in [0.2, 0.25) is 0 Å². The van der Waals surface area contributed by atoms with Crippen molar-refractivity contribution < 1.29 is 9.90 Å². The molecular weight excluding hydrogens is 212 g/mol. The zero-order valence-corrected chi connectivity index (χ0v) is 10.8. The number of carboxylic acid groups (broad SMARTS) is 1. The highest BCUT2D eigenvalue weighted by Crippen LogP contribution is 2.19. The van der Waals surface area contributed by atoms with E-state index in [-0.39, 0.29) is 6.42 Å². The number of carbonyl (C=O) groups is 1. The standard InChI is InChI=1S/C15H22O2/c1-3-12(2)14-10-8-13(9-11-14)6-4-5-7-15(16)17/h8-12H,3-7H2,1-2H3,(H,16,17). The minimum Gasteiger partial charge on any atom is -0.481 e. The van der Waals surface area contributed by atoms with Crippen LogP contribution in [0, 0.1) is 0 Å². The number of unbranched alkanes of at least 4 members (excludes halogenated alkanes) is 1. The fourth-order valence-corrected chi connectivity index (χ4v) is 1.85.